The topological polar surface area (TPSA) is 71.0 Å². The smallest absolute Gasteiger partial charge is 0.247 e. The number of aliphatic imine (C=N–C) groups is 1. The molecular formula is C17H23N3O3S. The van der Waals surface area contributed by atoms with Crippen molar-refractivity contribution in [3.63, 3.8) is 0 Å². The number of amidine groups is 1. The quantitative estimate of drug-likeness (QED) is 0.485. The third-order valence-corrected chi connectivity index (χ3v) is 4.54. The third-order valence-electron chi connectivity index (χ3n) is 3.39. The van der Waals surface area contributed by atoms with E-state index in [-0.39, 0.29) is 18.2 Å². The number of hydrogen-bond acceptors (Lipinski definition) is 5. The Morgan fingerprint density at radius 2 is 2.00 bits per heavy atom. The van der Waals surface area contributed by atoms with Crippen molar-refractivity contribution in [2.75, 3.05) is 24.6 Å². The number of nitrogens with one attached hydrogen (secondary N) is 1. The first-order valence-corrected chi connectivity index (χ1v) is 9.03. The van der Waals surface area contributed by atoms with Crippen LogP contribution in [0.2, 0.25) is 0 Å². The van der Waals surface area contributed by atoms with E-state index < -0.39 is 5.25 Å². The van der Waals surface area contributed by atoms with Crippen LogP contribution in [-0.2, 0) is 9.59 Å². The number of benzene rings is 1. The molecule has 0 aromatic heterocycles. The summed E-state index contributed by atoms with van der Waals surface area (Å²) in [6.45, 7) is 7.74. The average molecular weight is 349 g/mol. The van der Waals surface area contributed by atoms with Gasteiger partial charge in [0.15, 0.2) is 5.17 Å². The number of thioether (sulfide) groups is 1. The van der Waals surface area contributed by atoms with Crippen LogP contribution in [0, 0.1) is 0 Å². The fourth-order valence-corrected chi connectivity index (χ4v) is 3.52. The first kappa shape index (κ1) is 18.3. The molecule has 1 N–H and O–H groups in total. The molecule has 0 unspecified atom stereocenters. The van der Waals surface area contributed by atoms with E-state index in [1.807, 2.05) is 20.8 Å². The highest BCUT2D eigenvalue weighted by atomic mass is 32.2. The van der Waals surface area contributed by atoms with E-state index in [4.69, 9.17) is 4.74 Å². The molecule has 7 heteroatoms. The maximum Gasteiger partial charge on any atom is 0.247 e. The molecule has 1 saturated heterocycles. The van der Waals surface area contributed by atoms with Gasteiger partial charge in [-0.2, -0.15) is 0 Å². The largest absolute Gasteiger partial charge is 0.494 e. The van der Waals surface area contributed by atoms with Gasteiger partial charge in [0.25, 0.3) is 0 Å². The zero-order valence-electron chi connectivity index (χ0n) is 14.2. The van der Waals surface area contributed by atoms with Gasteiger partial charge in [-0.15, -0.1) is 0 Å². The lowest BCUT2D eigenvalue weighted by atomic mass is 10.3. The summed E-state index contributed by atoms with van der Waals surface area (Å²) >= 11 is 1.33. The predicted molar refractivity (Wildman–Crippen MR) is 97.8 cm³/mol. The Balaban J connectivity index is 2.12. The molecule has 2 rings (SSSR count). The second-order valence-electron chi connectivity index (χ2n) is 5.11. The summed E-state index contributed by atoms with van der Waals surface area (Å²) in [6, 6.07) is 7.00. The number of amides is 2. The summed E-state index contributed by atoms with van der Waals surface area (Å²) in [4.78, 5) is 30.5. The Hall–Kier alpha value is -2.02. The van der Waals surface area contributed by atoms with Crippen molar-refractivity contribution >= 4 is 34.4 Å². The molecular weight excluding hydrogens is 326 g/mol. The minimum atomic E-state index is -0.437. The Labute approximate surface area is 146 Å². The zero-order valence-corrected chi connectivity index (χ0v) is 15.1. The molecule has 0 radical (unpaired) electrons. The predicted octanol–water partition coefficient (Wildman–Crippen LogP) is 2.44. The third kappa shape index (κ3) is 4.29. The van der Waals surface area contributed by atoms with Crippen molar-refractivity contribution in [1.29, 1.82) is 0 Å². The van der Waals surface area contributed by atoms with Gasteiger partial charge in [0.05, 0.1) is 12.3 Å². The maximum atomic E-state index is 12.6. The normalized spacial score (nSPS) is 18.2. The number of imide groups is 1. The summed E-state index contributed by atoms with van der Waals surface area (Å²) in [7, 11) is 0. The van der Waals surface area contributed by atoms with Crippen molar-refractivity contribution < 1.29 is 14.3 Å². The molecule has 1 aromatic carbocycles. The number of rotatable bonds is 6. The number of nitrogens with zero attached hydrogens (tertiary/aromatic N) is 2. The molecule has 0 aliphatic carbocycles. The van der Waals surface area contributed by atoms with Gasteiger partial charge in [-0.3, -0.25) is 14.6 Å². The van der Waals surface area contributed by atoms with E-state index in [2.05, 4.69) is 10.3 Å². The van der Waals surface area contributed by atoms with E-state index in [1.165, 1.54) is 16.7 Å². The van der Waals surface area contributed by atoms with Gasteiger partial charge in [-0.25, -0.2) is 4.90 Å². The van der Waals surface area contributed by atoms with E-state index in [9.17, 15) is 9.59 Å². The SMILES string of the molecule is CCN=C(NCC)S[C@H]1CC(=O)N(c2ccc(OCC)cc2)C1=O. The van der Waals surface area contributed by atoms with E-state index >= 15 is 0 Å². The molecule has 24 heavy (non-hydrogen) atoms. The Morgan fingerprint density at radius 3 is 2.58 bits per heavy atom. The van der Waals surface area contributed by atoms with Crippen molar-refractivity contribution in [3.8, 4) is 5.75 Å². The summed E-state index contributed by atoms with van der Waals surface area (Å²) in [5, 5.41) is 3.41. The Morgan fingerprint density at radius 1 is 1.29 bits per heavy atom. The average Bonchev–Trinajstić information content (AvgIpc) is 2.83. The van der Waals surface area contributed by atoms with E-state index in [1.54, 1.807) is 24.3 Å². The maximum absolute atomic E-state index is 12.6. The molecule has 1 aliphatic heterocycles. The van der Waals surface area contributed by atoms with Crippen LogP contribution in [-0.4, -0.2) is 41.9 Å². The van der Waals surface area contributed by atoms with Gasteiger partial charge >= 0.3 is 0 Å². The summed E-state index contributed by atoms with van der Waals surface area (Å²) < 4.78 is 5.39. The van der Waals surface area contributed by atoms with Crippen LogP contribution >= 0.6 is 11.8 Å². The van der Waals surface area contributed by atoms with Crippen LogP contribution in [0.3, 0.4) is 0 Å². The molecule has 1 atom stereocenters. The van der Waals surface area contributed by atoms with E-state index in [0.29, 0.717) is 24.0 Å². The Kier molecular flexibility index (Phi) is 6.66. The summed E-state index contributed by atoms with van der Waals surface area (Å²) in [5.41, 5.74) is 0.578. The molecule has 1 heterocycles. The van der Waals surface area contributed by atoms with Crippen molar-refractivity contribution in [2.45, 2.75) is 32.4 Å². The molecule has 1 fully saturated rings. The lowest BCUT2D eigenvalue weighted by molar-refractivity contribution is -0.121. The fraction of sp³-hybridized carbons (Fsp3) is 0.471. The van der Waals surface area contributed by atoms with Crippen molar-refractivity contribution in [3.05, 3.63) is 24.3 Å². The van der Waals surface area contributed by atoms with Crippen LogP contribution in [0.5, 0.6) is 5.75 Å². The highest BCUT2D eigenvalue weighted by molar-refractivity contribution is 8.15. The second-order valence-corrected chi connectivity index (χ2v) is 6.31. The van der Waals surface area contributed by atoms with Crippen LogP contribution in [0.15, 0.2) is 29.3 Å². The standard InChI is InChI=1S/C17H23N3O3S/c1-4-18-17(19-5-2)24-14-11-15(21)20(16(14)22)12-7-9-13(10-8-12)23-6-3/h7-10,14H,4-6,11H2,1-3H3,(H,18,19)/t14-/m0/s1. The minimum Gasteiger partial charge on any atom is -0.494 e. The Bertz CT molecular complexity index is 616. The van der Waals surface area contributed by atoms with Gasteiger partial charge < -0.3 is 10.1 Å². The molecule has 130 valence electrons. The lowest BCUT2D eigenvalue weighted by Gasteiger charge is -2.16. The zero-order chi connectivity index (χ0) is 17.5. The number of ether oxygens (including phenoxy) is 1. The fourth-order valence-electron chi connectivity index (χ4n) is 2.39. The molecule has 6 nitrogen and oxygen atoms in total. The van der Waals surface area contributed by atoms with Crippen molar-refractivity contribution in [1.82, 2.24) is 5.32 Å². The highest BCUT2D eigenvalue weighted by Gasteiger charge is 2.40. The highest BCUT2D eigenvalue weighted by Crippen LogP contribution is 2.31. The van der Waals surface area contributed by atoms with Crippen LogP contribution in [0.4, 0.5) is 5.69 Å². The van der Waals surface area contributed by atoms with Gasteiger partial charge in [0.2, 0.25) is 11.8 Å². The van der Waals surface area contributed by atoms with Crippen molar-refractivity contribution in [2.24, 2.45) is 4.99 Å². The van der Waals surface area contributed by atoms with Gasteiger partial charge in [0.1, 0.15) is 11.0 Å². The number of anilines is 1. The summed E-state index contributed by atoms with van der Waals surface area (Å²) in [6.07, 6.45) is 0.185. The molecule has 1 aliphatic rings. The molecule has 0 bridgehead atoms. The van der Waals surface area contributed by atoms with E-state index in [0.717, 1.165) is 12.3 Å². The van der Waals surface area contributed by atoms with Crippen LogP contribution in [0.1, 0.15) is 27.2 Å². The number of carbonyl (C=O) groups is 2. The molecule has 0 spiro atoms. The summed E-state index contributed by atoms with van der Waals surface area (Å²) in [5.74, 6) is 0.334. The minimum absolute atomic E-state index is 0.185. The second kappa shape index (κ2) is 8.73. The van der Waals surface area contributed by atoms with Crippen LogP contribution < -0.4 is 15.0 Å². The van der Waals surface area contributed by atoms with Crippen LogP contribution in [0.25, 0.3) is 0 Å². The molecule has 2 amide bonds. The molecule has 0 saturated carbocycles. The van der Waals surface area contributed by atoms with Gasteiger partial charge in [-0.1, -0.05) is 11.8 Å². The first-order chi connectivity index (χ1) is 11.6. The van der Waals surface area contributed by atoms with Gasteiger partial charge in [-0.05, 0) is 45.0 Å². The number of hydrogen-bond donors (Lipinski definition) is 1. The van der Waals surface area contributed by atoms with Gasteiger partial charge in [0, 0.05) is 19.5 Å². The molecule has 1 aromatic rings. The first-order valence-electron chi connectivity index (χ1n) is 8.15. The number of carbonyl (C=O) groups excluding carboxylic acids is 2. The lowest BCUT2D eigenvalue weighted by Crippen LogP contribution is -2.32. The monoisotopic (exact) mass is 349 g/mol.